The van der Waals surface area contributed by atoms with Gasteiger partial charge in [-0.25, -0.2) is 33.7 Å². The summed E-state index contributed by atoms with van der Waals surface area (Å²) in [6.45, 7) is 0. The molecular formula is C18H20N4O8S4-2. The fourth-order valence-corrected chi connectivity index (χ4v) is 10.9. The molecule has 0 saturated carbocycles. The van der Waals surface area contributed by atoms with Gasteiger partial charge >= 0.3 is 0 Å². The van der Waals surface area contributed by atoms with Crippen LogP contribution in [0.25, 0.3) is 11.1 Å². The van der Waals surface area contributed by atoms with Gasteiger partial charge in [0.1, 0.15) is 0 Å². The van der Waals surface area contributed by atoms with Crippen LogP contribution < -0.4 is 0 Å². The molecule has 0 spiro atoms. The first-order valence-corrected chi connectivity index (χ1v) is 16.0. The summed E-state index contributed by atoms with van der Waals surface area (Å²) < 4.78 is 95.1. The molecule has 0 aliphatic carbocycles. The quantitative estimate of drug-likeness (QED) is 0.267. The highest BCUT2D eigenvalue weighted by atomic mass is 32.3. The molecule has 0 bridgehead atoms. The van der Waals surface area contributed by atoms with Gasteiger partial charge in [0.25, 0.3) is 0 Å². The van der Waals surface area contributed by atoms with Crippen LogP contribution in [-0.2, 0) is 39.3 Å². The lowest BCUT2D eigenvalue weighted by molar-refractivity contribution is 0.566. The largest absolute Gasteiger partial charge is 0.710 e. The van der Waals surface area contributed by atoms with Crippen molar-refractivity contribution in [1.29, 1.82) is 0 Å². The molecule has 2 atom stereocenters. The van der Waals surface area contributed by atoms with E-state index in [9.17, 15) is 33.7 Å². The first kappa shape index (κ1) is 27.7. The summed E-state index contributed by atoms with van der Waals surface area (Å²) in [7, 11) is -18.4. The molecule has 0 aliphatic heterocycles. The van der Waals surface area contributed by atoms with E-state index in [1.807, 2.05) is 0 Å². The Morgan fingerprint density at radius 3 is 1.12 bits per heavy atom. The minimum absolute atomic E-state index is 0.387. The van der Waals surface area contributed by atoms with Crippen molar-refractivity contribution in [3.8, 4) is 0 Å². The molecule has 186 valence electrons. The van der Waals surface area contributed by atoms with Gasteiger partial charge in [-0.1, -0.05) is 36.4 Å². The minimum atomic E-state index is -4.59. The van der Waals surface area contributed by atoms with Crippen LogP contribution in [0.1, 0.15) is 12.8 Å². The summed E-state index contributed by atoms with van der Waals surface area (Å²) in [4.78, 5) is -0.773. The first-order valence-electron chi connectivity index (χ1n) is 9.50. The van der Waals surface area contributed by atoms with Gasteiger partial charge in [-0.3, -0.25) is 0 Å². The predicted octanol–water partition coefficient (Wildman–Crippen LogP) is 2.15. The summed E-state index contributed by atoms with van der Waals surface area (Å²) in [6, 6.07) is 12.9. The van der Waals surface area contributed by atoms with Gasteiger partial charge in [-0.05, 0) is 37.1 Å². The maximum atomic E-state index is 12.5. The van der Waals surface area contributed by atoms with E-state index in [-0.39, 0.29) is 9.79 Å². The molecule has 2 aromatic rings. The minimum Gasteiger partial charge on any atom is -0.710 e. The third-order valence-electron chi connectivity index (χ3n) is 4.59. The van der Waals surface area contributed by atoms with Crippen LogP contribution >= 0.6 is 0 Å². The molecule has 0 amide bonds. The maximum Gasteiger partial charge on any atom is 0.237 e. The van der Waals surface area contributed by atoms with Crippen molar-refractivity contribution in [3.05, 3.63) is 71.7 Å². The number of nitrogens with zero attached hydrogens (tertiary/aromatic N) is 4. The Morgan fingerprint density at radius 1 is 0.559 bits per heavy atom. The van der Waals surface area contributed by atoms with Gasteiger partial charge < -0.3 is 21.3 Å². The van der Waals surface area contributed by atoms with E-state index in [2.05, 4.69) is 10.2 Å². The molecule has 0 aliphatic rings. The Bertz CT molecular complexity index is 1330. The van der Waals surface area contributed by atoms with Crippen molar-refractivity contribution in [3.63, 3.8) is 0 Å². The van der Waals surface area contributed by atoms with Crippen molar-refractivity contribution in [1.82, 2.24) is 0 Å². The zero-order valence-electron chi connectivity index (χ0n) is 17.4. The number of hydrogen-bond donors (Lipinski definition) is 0. The normalized spacial score (nSPS) is 14.7. The van der Waals surface area contributed by atoms with Crippen LogP contribution in [0.2, 0.25) is 0 Å². The Labute approximate surface area is 198 Å². The van der Waals surface area contributed by atoms with Crippen molar-refractivity contribution < 1.29 is 33.7 Å². The molecule has 12 nitrogen and oxygen atoms in total. The van der Waals surface area contributed by atoms with Crippen molar-refractivity contribution in [2.45, 2.75) is 32.0 Å². The fraction of sp³-hybridized carbons (Fsp3) is 0.333. The van der Waals surface area contributed by atoms with Crippen LogP contribution in [0, 0.1) is 0 Å². The maximum absolute atomic E-state index is 12.5. The molecular weight excluding hydrogens is 528 g/mol. The Kier molecular flexibility index (Phi) is 8.79. The van der Waals surface area contributed by atoms with E-state index < -0.39 is 73.1 Å². The molecule has 0 heterocycles. The molecule has 0 radical (unpaired) electrons. The van der Waals surface area contributed by atoms with Gasteiger partial charge in [0.2, 0.25) is 29.1 Å². The van der Waals surface area contributed by atoms with E-state index in [0.29, 0.717) is 0 Å². The number of hydrogen-bond acceptors (Lipinski definition) is 10. The molecule has 2 unspecified atom stereocenters. The Hall–Kier alpha value is -2.56. The molecule has 2 aromatic carbocycles. The van der Waals surface area contributed by atoms with Crippen LogP contribution in [-0.4, -0.2) is 54.6 Å². The summed E-state index contributed by atoms with van der Waals surface area (Å²) >= 11 is 0. The Morgan fingerprint density at radius 2 is 0.853 bits per heavy atom. The summed E-state index contributed by atoms with van der Waals surface area (Å²) in [6.07, 6.45) is -0.803. The van der Waals surface area contributed by atoms with E-state index >= 15 is 0 Å². The second kappa shape index (κ2) is 10.8. The second-order valence-electron chi connectivity index (χ2n) is 7.00. The second-order valence-corrected chi connectivity index (χ2v) is 16.0. The third-order valence-corrected chi connectivity index (χ3v) is 14.1. The number of benzene rings is 2. The topological polar surface area (TPSA) is 206 Å². The van der Waals surface area contributed by atoms with Crippen LogP contribution in [0.4, 0.5) is 0 Å². The lowest BCUT2D eigenvalue weighted by atomic mass is 10.4. The SMILES string of the molecule is [N-]=NC(S(=O)(=O)CCCCS(=O)(=O)C(N=[N-])S(=O)(=O)c1ccccc1)S(=O)(=O)c1ccccc1. The van der Waals surface area contributed by atoms with Crippen molar-refractivity contribution in [2.75, 3.05) is 11.5 Å². The molecule has 0 saturated heterocycles. The third kappa shape index (κ3) is 6.11. The average Bonchev–Trinajstić information content (AvgIpc) is 2.78. The molecule has 16 heteroatoms. The monoisotopic (exact) mass is 548 g/mol. The predicted molar refractivity (Wildman–Crippen MR) is 123 cm³/mol. The lowest BCUT2D eigenvalue weighted by Crippen LogP contribution is -2.32. The number of rotatable bonds is 13. The van der Waals surface area contributed by atoms with Crippen molar-refractivity contribution >= 4 is 39.3 Å². The molecule has 0 aromatic heterocycles. The zero-order chi connectivity index (χ0) is 25.6. The van der Waals surface area contributed by atoms with Gasteiger partial charge in [0.05, 0.1) is 21.3 Å². The van der Waals surface area contributed by atoms with Crippen LogP contribution in [0.5, 0.6) is 0 Å². The van der Waals surface area contributed by atoms with E-state index in [1.54, 1.807) is 0 Å². The van der Waals surface area contributed by atoms with Crippen molar-refractivity contribution in [2.24, 2.45) is 10.2 Å². The van der Waals surface area contributed by atoms with Gasteiger partial charge in [0, 0.05) is 0 Å². The zero-order valence-corrected chi connectivity index (χ0v) is 20.7. The average molecular weight is 549 g/mol. The van der Waals surface area contributed by atoms with Gasteiger partial charge in [0.15, 0.2) is 19.7 Å². The Balaban J connectivity index is 2.12. The van der Waals surface area contributed by atoms with Gasteiger partial charge in [-0.2, -0.15) is 0 Å². The van der Waals surface area contributed by atoms with E-state index in [4.69, 9.17) is 11.1 Å². The highest BCUT2D eigenvalue weighted by molar-refractivity contribution is 8.09. The highest BCUT2D eigenvalue weighted by Crippen LogP contribution is 2.24. The highest BCUT2D eigenvalue weighted by Gasteiger charge is 2.38. The summed E-state index contributed by atoms with van der Waals surface area (Å²) in [5.41, 5.74) is 18.2. The lowest BCUT2D eigenvalue weighted by Gasteiger charge is -2.18. The molecule has 0 fully saturated rings. The van der Waals surface area contributed by atoms with E-state index in [0.717, 1.165) is 24.3 Å². The fourth-order valence-electron chi connectivity index (χ4n) is 2.92. The van der Waals surface area contributed by atoms with Crippen LogP contribution in [0.15, 0.2) is 80.7 Å². The molecule has 0 N–H and O–H groups in total. The molecule has 2 rings (SSSR count). The summed E-state index contributed by atoms with van der Waals surface area (Å²) in [5, 5.41) is 5.04. The van der Waals surface area contributed by atoms with Gasteiger partial charge in [-0.15, -0.1) is 0 Å². The van der Waals surface area contributed by atoms with Crippen LogP contribution in [0.3, 0.4) is 0 Å². The smallest absolute Gasteiger partial charge is 0.237 e. The summed E-state index contributed by atoms with van der Waals surface area (Å²) in [5.74, 6) is -1.73. The van der Waals surface area contributed by atoms with E-state index in [1.165, 1.54) is 36.4 Å². The standard InChI is InChI=1S/C18H20N4O8S4/c19-21-17(33(27,28)15-9-3-1-4-10-15)31(23,24)13-7-8-14-32(25,26)18(22-20)34(29,30)16-11-5-2-6-12-16/h1-6,9-12,17-18H,7-8,13-14H2/q-2. The number of sulfone groups is 4. The molecule has 34 heavy (non-hydrogen) atoms. The number of unbranched alkanes of at least 4 members (excludes halogenated alkanes) is 1. The first-order chi connectivity index (χ1) is 15.8.